The van der Waals surface area contributed by atoms with Gasteiger partial charge in [0.1, 0.15) is 5.82 Å². The normalized spacial score (nSPS) is 20.3. The third-order valence-corrected chi connectivity index (χ3v) is 3.99. The lowest BCUT2D eigenvalue weighted by Crippen LogP contribution is -2.16. The van der Waals surface area contributed by atoms with Crippen molar-refractivity contribution >= 4 is 27.0 Å². The summed E-state index contributed by atoms with van der Waals surface area (Å²) in [6.07, 6.45) is 2.44. The summed E-state index contributed by atoms with van der Waals surface area (Å²) in [5.41, 5.74) is 3.61. The predicted octanol–water partition coefficient (Wildman–Crippen LogP) is 3.07. The van der Waals surface area contributed by atoms with E-state index in [9.17, 15) is 0 Å². The van der Waals surface area contributed by atoms with E-state index < -0.39 is 0 Å². The summed E-state index contributed by atoms with van der Waals surface area (Å²) < 4.78 is 3.34. The largest absolute Gasteiger partial charge is 0.330 e. The van der Waals surface area contributed by atoms with Crippen LogP contribution in [0.5, 0.6) is 0 Å². The second kappa shape index (κ2) is 4.10. The monoisotopic (exact) mass is 293 g/mol. The molecule has 0 saturated carbocycles. The number of hydrogen-bond acceptors (Lipinski definition) is 2. The van der Waals surface area contributed by atoms with Crippen molar-refractivity contribution in [3.8, 4) is 0 Å². The zero-order valence-corrected chi connectivity index (χ0v) is 11.7. The van der Waals surface area contributed by atoms with Crippen molar-refractivity contribution in [1.29, 1.82) is 0 Å². The van der Waals surface area contributed by atoms with Crippen LogP contribution < -0.4 is 5.32 Å². The van der Waals surface area contributed by atoms with E-state index >= 15 is 0 Å². The van der Waals surface area contributed by atoms with E-state index in [1.807, 2.05) is 0 Å². The number of nitrogens with one attached hydrogen (secondary N) is 1. The summed E-state index contributed by atoms with van der Waals surface area (Å²) in [6.45, 7) is 3.25. The van der Waals surface area contributed by atoms with E-state index in [2.05, 4.69) is 51.9 Å². The van der Waals surface area contributed by atoms with Crippen LogP contribution in [0.2, 0.25) is 0 Å². The van der Waals surface area contributed by atoms with Gasteiger partial charge in [-0.3, -0.25) is 0 Å². The summed E-state index contributed by atoms with van der Waals surface area (Å²) in [5.74, 6) is 1.17. The highest BCUT2D eigenvalue weighted by molar-refractivity contribution is 9.10. The molecule has 1 aromatic heterocycles. The molecule has 1 atom stereocenters. The molecule has 1 aromatic carbocycles. The molecule has 3 rings (SSSR count). The van der Waals surface area contributed by atoms with Gasteiger partial charge in [0.15, 0.2) is 0 Å². The molecule has 0 radical (unpaired) electrons. The quantitative estimate of drug-likeness (QED) is 0.876. The molecule has 0 aliphatic carbocycles. The molecule has 0 bridgehead atoms. The number of aryl methyl sites for hydroxylation is 2. The number of rotatable bonds is 1. The Labute approximate surface area is 109 Å². The maximum absolute atomic E-state index is 4.79. The van der Waals surface area contributed by atoms with Crippen LogP contribution in [0.15, 0.2) is 16.6 Å². The molecule has 1 aliphatic rings. The Kier molecular flexibility index (Phi) is 2.71. The topological polar surface area (TPSA) is 29.9 Å². The Morgan fingerprint density at radius 1 is 1.47 bits per heavy atom. The predicted molar refractivity (Wildman–Crippen MR) is 73.1 cm³/mol. The average molecular weight is 294 g/mol. The van der Waals surface area contributed by atoms with Gasteiger partial charge in [-0.1, -0.05) is 15.9 Å². The SMILES string of the molecule is Cc1cc(Br)cc2nc(C3CCCN3)n(C)c12. The first-order valence-electron chi connectivity index (χ1n) is 6.02. The van der Waals surface area contributed by atoms with Crippen LogP contribution in [0.1, 0.15) is 30.3 Å². The van der Waals surface area contributed by atoms with Gasteiger partial charge in [-0.05, 0) is 44.0 Å². The maximum atomic E-state index is 4.79. The van der Waals surface area contributed by atoms with Crippen LogP contribution in [0.25, 0.3) is 11.0 Å². The minimum Gasteiger partial charge on any atom is -0.330 e. The molecule has 2 aromatic rings. The van der Waals surface area contributed by atoms with Gasteiger partial charge in [0, 0.05) is 11.5 Å². The Bertz CT molecular complexity index is 568. The Balaban J connectivity index is 2.20. The van der Waals surface area contributed by atoms with Crippen LogP contribution in [-0.2, 0) is 7.05 Å². The number of nitrogens with zero attached hydrogens (tertiary/aromatic N) is 2. The van der Waals surface area contributed by atoms with E-state index in [0.717, 1.165) is 16.5 Å². The fourth-order valence-electron chi connectivity index (χ4n) is 2.77. The van der Waals surface area contributed by atoms with Crippen LogP contribution in [0, 0.1) is 6.92 Å². The third kappa shape index (κ3) is 1.79. The molecule has 1 fully saturated rings. The maximum Gasteiger partial charge on any atom is 0.126 e. The number of imidazole rings is 1. The van der Waals surface area contributed by atoms with E-state index in [4.69, 9.17) is 4.98 Å². The van der Waals surface area contributed by atoms with E-state index in [1.165, 1.54) is 29.7 Å². The van der Waals surface area contributed by atoms with E-state index in [0.29, 0.717) is 6.04 Å². The Morgan fingerprint density at radius 2 is 2.29 bits per heavy atom. The van der Waals surface area contributed by atoms with Gasteiger partial charge >= 0.3 is 0 Å². The molecule has 17 heavy (non-hydrogen) atoms. The Morgan fingerprint density at radius 3 is 3.00 bits per heavy atom. The highest BCUT2D eigenvalue weighted by atomic mass is 79.9. The first-order valence-corrected chi connectivity index (χ1v) is 6.82. The Hall–Kier alpha value is -0.870. The van der Waals surface area contributed by atoms with Crippen molar-refractivity contribution in [3.05, 3.63) is 28.0 Å². The molecule has 1 aliphatic heterocycles. The van der Waals surface area contributed by atoms with Gasteiger partial charge in [0.25, 0.3) is 0 Å². The minimum absolute atomic E-state index is 0.422. The molecule has 90 valence electrons. The molecule has 0 amide bonds. The van der Waals surface area contributed by atoms with Crippen molar-refractivity contribution < 1.29 is 0 Å². The molecule has 1 N–H and O–H groups in total. The lowest BCUT2D eigenvalue weighted by molar-refractivity contribution is 0.584. The van der Waals surface area contributed by atoms with Gasteiger partial charge in [-0.2, -0.15) is 0 Å². The first-order chi connectivity index (χ1) is 8.16. The van der Waals surface area contributed by atoms with Crippen molar-refractivity contribution in [2.24, 2.45) is 7.05 Å². The van der Waals surface area contributed by atoms with Crippen LogP contribution in [0.3, 0.4) is 0 Å². The van der Waals surface area contributed by atoms with Crippen LogP contribution >= 0.6 is 15.9 Å². The van der Waals surface area contributed by atoms with Gasteiger partial charge < -0.3 is 9.88 Å². The van der Waals surface area contributed by atoms with Crippen LogP contribution in [0.4, 0.5) is 0 Å². The lowest BCUT2D eigenvalue weighted by atomic mass is 10.2. The molecule has 1 unspecified atom stereocenters. The standard InChI is InChI=1S/C13H16BrN3/c1-8-6-9(14)7-11-12(8)17(2)13(16-11)10-4-3-5-15-10/h6-7,10,15H,3-5H2,1-2H3. The van der Waals surface area contributed by atoms with Crippen molar-refractivity contribution in [2.75, 3.05) is 6.54 Å². The number of hydrogen-bond donors (Lipinski definition) is 1. The molecule has 3 nitrogen and oxygen atoms in total. The van der Waals surface area contributed by atoms with Gasteiger partial charge in [0.05, 0.1) is 17.1 Å². The fourth-order valence-corrected chi connectivity index (χ4v) is 3.33. The zero-order chi connectivity index (χ0) is 12.0. The second-order valence-corrected chi connectivity index (χ2v) is 5.68. The van der Waals surface area contributed by atoms with Gasteiger partial charge in [-0.25, -0.2) is 4.98 Å². The molecule has 1 saturated heterocycles. The lowest BCUT2D eigenvalue weighted by Gasteiger charge is -2.10. The van der Waals surface area contributed by atoms with Gasteiger partial charge in [0.2, 0.25) is 0 Å². The van der Waals surface area contributed by atoms with Crippen molar-refractivity contribution in [1.82, 2.24) is 14.9 Å². The zero-order valence-electron chi connectivity index (χ0n) is 10.1. The summed E-state index contributed by atoms with van der Waals surface area (Å²) >= 11 is 3.54. The van der Waals surface area contributed by atoms with E-state index in [1.54, 1.807) is 0 Å². The number of aromatic nitrogens is 2. The molecule has 4 heteroatoms. The summed E-state index contributed by atoms with van der Waals surface area (Å²) in [6, 6.07) is 4.67. The molecular weight excluding hydrogens is 278 g/mol. The first kappa shape index (κ1) is 11.2. The van der Waals surface area contributed by atoms with Crippen molar-refractivity contribution in [3.63, 3.8) is 0 Å². The highest BCUT2D eigenvalue weighted by Gasteiger charge is 2.22. The fraction of sp³-hybridized carbons (Fsp3) is 0.462. The second-order valence-electron chi connectivity index (χ2n) is 4.77. The summed E-state index contributed by atoms with van der Waals surface area (Å²) in [5, 5.41) is 3.51. The van der Waals surface area contributed by atoms with Crippen LogP contribution in [-0.4, -0.2) is 16.1 Å². The molecule has 0 spiro atoms. The molecular formula is C13H16BrN3. The smallest absolute Gasteiger partial charge is 0.126 e. The summed E-state index contributed by atoms with van der Waals surface area (Å²) in [7, 11) is 2.12. The molecule has 2 heterocycles. The van der Waals surface area contributed by atoms with Gasteiger partial charge in [-0.15, -0.1) is 0 Å². The highest BCUT2D eigenvalue weighted by Crippen LogP contribution is 2.29. The van der Waals surface area contributed by atoms with Crippen molar-refractivity contribution in [2.45, 2.75) is 25.8 Å². The number of halogens is 1. The average Bonchev–Trinajstić information content (AvgIpc) is 2.85. The minimum atomic E-state index is 0.422. The number of fused-ring (bicyclic) bond motifs is 1. The summed E-state index contributed by atoms with van der Waals surface area (Å²) in [4.78, 5) is 4.79. The number of benzene rings is 1. The van der Waals surface area contributed by atoms with E-state index in [-0.39, 0.29) is 0 Å². The third-order valence-electron chi connectivity index (χ3n) is 3.53.